The zero-order valence-electron chi connectivity index (χ0n) is 5.14. The maximum Gasteiger partial charge on any atom is 0.131 e. The Bertz CT molecular complexity index is 238. The minimum atomic E-state index is 0.391. The molecule has 1 rings (SSSR count). The maximum atomic E-state index is 5.66. The minimum Gasteiger partial charge on any atom is -0.237 e. The van der Waals surface area contributed by atoms with E-state index in [4.69, 9.17) is 23.2 Å². The Morgan fingerprint density at radius 1 is 1.40 bits per heavy atom. The third-order valence-electron chi connectivity index (χ3n) is 0.988. The quantitative estimate of drug-likeness (QED) is 0.596. The summed E-state index contributed by atoms with van der Waals surface area (Å²) in [5, 5.41) is 0.970. The molecular formula is C7H5Cl2N. The van der Waals surface area contributed by atoms with Crippen molar-refractivity contribution in [2.75, 3.05) is 0 Å². The molecule has 1 aromatic rings. The van der Waals surface area contributed by atoms with Gasteiger partial charge in [0.25, 0.3) is 0 Å². The third kappa shape index (κ3) is 1.72. The van der Waals surface area contributed by atoms with Gasteiger partial charge in [-0.15, -0.1) is 0 Å². The molecule has 0 saturated carbocycles. The van der Waals surface area contributed by atoms with Crippen molar-refractivity contribution in [3.63, 3.8) is 0 Å². The SMILES string of the molecule is C=Cc1cc(Cl)cc(Cl)n1. The van der Waals surface area contributed by atoms with Crippen LogP contribution < -0.4 is 0 Å². The molecule has 0 unspecified atom stereocenters. The van der Waals surface area contributed by atoms with Crippen molar-refractivity contribution >= 4 is 29.3 Å². The summed E-state index contributed by atoms with van der Waals surface area (Å²) in [5.74, 6) is 0. The van der Waals surface area contributed by atoms with E-state index in [1.165, 1.54) is 0 Å². The Hall–Kier alpha value is -0.530. The number of nitrogens with zero attached hydrogens (tertiary/aromatic N) is 1. The predicted molar refractivity (Wildman–Crippen MR) is 44.3 cm³/mol. The van der Waals surface area contributed by atoms with Crippen LogP contribution in [0.3, 0.4) is 0 Å². The highest BCUT2D eigenvalue weighted by atomic mass is 35.5. The number of hydrogen-bond acceptors (Lipinski definition) is 1. The molecular weight excluding hydrogens is 169 g/mol. The standard InChI is InChI=1S/C7H5Cl2N/c1-2-6-3-5(8)4-7(9)10-6/h2-4H,1H2. The van der Waals surface area contributed by atoms with Gasteiger partial charge in [0.05, 0.1) is 5.69 Å². The topological polar surface area (TPSA) is 12.9 Å². The van der Waals surface area contributed by atoms with Crippen molar-refractivity contribution in [1.29, 1.82) is 0 Å². The molecule has 0 spiro atoms. The molecule has 0 N–H and O–H groups in total. The molecule has 0 saturated heterocycles. The zero-order chi connectivity index (χ0) is 7.56. The lowest BCUT2D eigenvalue weighted by Gasteiger charge is -1.93. The van der Waals surface area contributed by atoms with Crippen LogP contribution in [-0.2, 0) is 0 Å². The Balaban J connectivity index is 3.18. The second kappa shape index (κ2) is 3.04. The third-order valence-corrected chi connectivity index (χ3v) is 1.40. The Morgan fingerprint density at radius 2 is 2.10 bits per heavy atom. The summed E-state index contributed by atoms with van der Waals surface area (Å²) in [7, 11) is 0. The molecule has 1 nitrogen and oxygen atoms in total. The minimum absolute atomic E-state index is 0.391. The van der Waals surface area contributed by atoms with Gasteiger partial charge in [0.15, 0.2) is 0 Å². The van der Waals surface area contributed by atoms with Crippen LogP contribution in [0.5, 0.6) is 0 Å². The zero-order valence-corrected chi connectivity index (χ0v) is 6.65. The van der Waals surface area contributed by atoms with Crippen molar-refractivity contribution < 1.29 is 0 Å². The average molecular weight is 174 g/mol. The molecule has 0 radical (unpaired) electrons. The molecule has 1 heterocycles. The highest BCUT2D eigenvalue weighted by Crippen LogP contribution is 2.15. The predicted octanol–water partition coefficient (Wildman–Crippen LogP) is 3.03. The van der Waals surface area contributed by atoms with Crippen molar-refractivity contribution in [3.05, 3.63) is 34.6 Å². The fraction of sp³-hybridized carbons (Fsp3) is 0. The Labute approximate surface area is 69.3 Å². The molecule has 3 heteroatoms. The van der Waals surface area contributed by atoms with E-state index in [1.807, 2.05) is 0 Å². The van der Waals surface area contributed by atoms with E-state index < -0.39 is 0 Å². The molecule has 0 fully saturated rings. The fourth-order valence-corrected chi connectivity index (χ4v) is 1.08. The highest BCUT2D eigenvalue weighted by Gasteiger charge is 1.94. The summed E-state index contributed by atoms with van der Waals surface area (Å²) in [6.45, 7) is 3.53. The lowest BCUT2D eigenvalue weighted by Crippen LogP contribution is -1.79. The Morgan fingerprint density at radius 3 is 2.60 bits per heavy atom. The molecule has 0 aromatic carbocycles. The van der Waals surface area contributed by atoms with Crippen molar-refractivity contribution in [2.45, 2.75) is 0 Å². The van der Waals surface area contributed by atoms with Gasteiger partial charge in [0.2, 0.25) is 0 Å². The van der Waals surface area contributed by atoms with Gasteiger partial charge in [-0.25, -0.2) is 4.98 Å². The first-order valence-electron chi connectivity index (χ1n) is 2.68. The normalized spacial score (nSPS) is 9.40. The van der Waals surface area contributed by atoms with Crippen LogP contribution in [0.15, 0.2) is 18.7 Å². The maximum absolute atomic E-state index is 5.66. The van der Waals surface area contributed by atoms with E-state index in [2.05, 4.69) is 11.6 Å². The van der Waals surface area contributed by atoms with E-state index in [1.54, 1.807) is 18.2 Å². The lowest BCUT2D eigenvalue weighted by atomic mass is 10.3. The van der Waals surface area contributed by atoms with Gasteiger partial charge in [-0.05, 0) is 18.2 Å². The van der Waals surface area contributed by atoms with E-state index in [-0.39, 0.29) is 0 Å². The van der Waals surface area contributed by atoms with E-state index in [9.17, 15) is 0 Å². The molecule has 10 heavy (non-hydrogen) atoms. The summed E-state index contributed by atoms with van der Waals surface area (Å²) in [6.07, 6.45) is 1.60. The van der Waals surface area contributed by atoms with E-state index >= 15 is 0 Å². The van der Waals surface area contributed by atoms with Crippen LogP contribution in [0.2, 0.25) is 10.2 Å². The molecule has 0 bridgehead atoms. The number of rotatable bonds is 1. The first-order valence-corrected chi connectivity index (χ1v) is 3.43. The summed E-state index contributed by atoms with van der Waals surface area (Å²) < 4.78 is 0. The van der Waals surface area contributed by atoms with Crippen molar-refractivity contribution in [2.24, 2.45) is 0 Å². The lowest BCUT2D eigenvalue weighted by molar-refractivity contribution is 1.30. The van der Waals surface area contributed by atoms with Crippen molar-refractivity contribution in [1.82, 2.24) is 4.98 Å². The van der Waals surface area contributed by atoms with E-state index in [0.717, 1.165) is 0 Å². The van der Waals surface area contributed by atoms with Crippen LogP contribution in [-0.4, -0.2) is 4.98 Å². The van der Waals surface area contributed by atoms with Gasteiger partial charge < -0.3 is 0 Å². The van der Waals surface area contributed by atoms with Gasteiger partial charge >= 0.3 is 0 Å². The van der Waals surface area contributed by atoms with Gasteiger partial charge in [0, 0.05) is 5.02 Å². The summed E-state index contributed by atoms with van der Waals surface area (Å²) in [4.78, 5) is 3.92. The smallest absolute Gasteiger partial charge is 0.131 e. The molecule has 0 atom stereocenters. The molecule has 0 aliphatic heterocycles. The second-order valence-electron chi connectivity index (χ2n) is 1.74. The van der Waals surface area contributed by atoms with Gasteiger partial charge in [-0.1, -0.05) is 29.8 Å². The molecule has 1 aromatic heterocycles. The van der Waals surface area contributed by atoms with Crippen LogP contribution in [0.4, 0.5) is 0 Å². The Kier molecular flexibility index (Phi) is 2.30. The molecule has 0 aliphatic carbocycles. The average Bonchev–Trinajstić information content (AvgIpc) is 1.85. The number of hydrogen-bond donors (Lipinski definition) is 0. The van der Waals surface area contributed by atoms with E-state index in [0.29, 0.717) is 15.9 Å². The molecule has 0 amide bonds. The van der Waals surface area contributed by atoms with Crippen LogP contribution in [0.25, 0.3) is 6.08 Å². The first kappa shape index (κ1) is 7.58. The summed E-state index contributed by atoms with van der Waals surface area (Å²) in [5.41, 5.74) is 0.692. The van der Waals surface area contributed by atoms with Gasteiger partial charge in [0.1, 0.15) is 5.15 Å². The monoisotopic (exact) mass is 173 g/mol. The fourth-order valence-electron chi connectivity index (χ4n) is 0.589. The number of aromatic nitrogens is 1. The van der Waals surface area contributed by atoms with Crippen molar-refractivity contribution in [3.8, 4) is 0 Å². The van der Waals surface area contributed by atoms with Gasteiger partial charge in [-0.2, -0.15) is 0 Å². The summed E-state index contributed by atoms with van der Waals surface area (Å²) in [6, 6.07) is 3.27. The number of pyridine rings is 1. The van der Waals surface area contributed by atoms with Crippen LogP contribution in [0, 0.1) is 0 Å². The largest absolute Gasteiger partial charge is 0.237 e. The highest BCUT2D eigenvalue weighted by molar-refractivity contribution is 6.34. The first-order chi connectivity index (χ1) is 4.72. The molecule has 0 aliphatic rings. The summed E-state index contributed by atoms with van der Waals surface area (Å²) >= 11 is 11.2. The molecule has 52 valence electrons. The van der Waals surface area contributed by atoms with Crippen LogP contribution in [0.1, 0.15) is 5.69 Å². The van der Waals surface area contributed by atoms with Crippen LogP contribution >= 0.6 is 23.2 Å². The second-order valence-corrected chi connectivity index (χ2v) is 2.56. The number of halogens is 2. The van der Waals surface area contributed by atoms with Gasteiger partial charge in [-0.3, -0.25) is 0 Å².